The van der Waals surface area contributed by atoms with Gasteiger partial charge in [0.05, 0.1) is 16.8 Å². The first-order chi connectivity index (χ1) is 14.5. The summed E-state index contributed by atoms with van der Waals surface area (Å²) >= 11 is 1.79. The molecule has 0 bridgehead atoms. The van der Waals surface area contributed by atoms with Crippen LogP contribution in [-0.2, 0) is 17.9 Å². The first-order valence-corrected chi connectivity index (χ1v) is 11.1. The fourth-order valence-electron chi connectivity index (χ4n) is 3.83. The number of hydrogen-bond acceptors (Lipinski definition) is 7. The molecular formula is C23H29N5OS. The van der Waals surface area contributed by atoms with Gasteiger partial charge in [0, 0.05) is 48.9 Å². The first kappa shape index (κ1) is 20.7. The number of allylic oxidation sites excluding steroid dienone is 1. The predicted octanol–water partition coefficient (Wildman–Crippen LogP) is 3.58. The molecule has 0 unspecified atom stereocenters. The monoisotopic (exact) mass is 423 g/mol. The number of benzene rings is 1. The van der Waals surface area contributed by atoms with Crippen molar-refractivity contribution in [2.24, 2.45) is 10.7 Å². The zero-order chi connectivity index (χ0) is 21.1. The fourth-order valence-corrected chi connectivity index (χ4v) is 4.97. The van der Waals surface area contributed by atoms with Crippen molar-refractivity contribution in [2.75, 3.05) is 31.5 Å². The number of anilines is 1. The Morgan fingerprint density at radius 1 is 1.27 bits per heavy atom. The summed E-state index contributed by atoms with van der Waals surface area (Å²) < 4.78 is 5.88. The van der Waals surface area contributed by atoms with Crippen LogP contribution >= 0.6 is 11.3 Å². The summed E-state index contributed by atoms with van der Waals surface area (Å²) in [7, 11) is 0. The summed E-state index contributed by atoms with van der Waals surface area (Å²) in [6.45, 7) is 13.9. The molecular weight excluding hydrogens is 394 g/mol. The minimum absolute atomic E-state index is 0.528. The van der Waals surface area contributed by atoms with Crippen LogP contribution in [0.3, 0.4) is 0 Å². The molecule has 0 radical (unpaired) electrons. The maximum absolute atomic E-state index is 6.41. The molecule has 2 aromatic rings. The van der Waals surface area contributed by atoms with Crippen molar-refractivity contribution < 1.29 is 4.74 Å². The lowest BCUT2D eigenvalue weighted by molar-refractivity contribution is 0.218. The molecule has 1 fully saturated rings. The fraction of sp³-hybridized carbons (Fsp3) is 0.348. The third-order valence-corrected chi connectivity index (χ3v) is 6.30. The van der Waals surface area contributed by atoms with Crippen molar-refractivity contribution in [3.8, 4) is 0 Å². The standard InChI is InChI=1S/C23H29N5OS/c1-15-8-16(2)10-18(9-15)27-17(3)26-12-21-23(24)20-11-19(30-22(20)14-29-21)13-28-6-4-25-5-7-28/h8-12,25,27H,3-7,13-14,24H2,1-2H3/b26-12-. The average molecular weight is 424 g/mol. The van der Waals surface area contributed by atoms with E-state index in [4.69, 9.17) is 10.5 Å². The van der Waals surface area contributed by atoms with Crippen LogP contribution in [0.25, 0.3) is 5.70 Å². The highest BCUT2D eigenvalue weighted by Gasteiger charge is 2.21. The van der Waals surface area contributed by atoms with Crippen LogP contribution in [0.1, 0.15) is 26.4 Å². The third kappa shape index (κ3) is 4.92. The van der Waals surface area contributed by atoms with Crippen molar-refractivity contribution in [1.29, 1.82) is 0 Å². The number of aliphatic imine (C=N–C) groups is 1. The van der Waals surface area contributed by atoms with Gasteiger partial charge in [-0.15, -0.1) is 11.3 Å². The van der Waals surface area contributed by atoms with E-state index >= 15 is 0 Å². The molecule has 1 aromatic carbocycles. The molecule has 1 aromatic heterocycles. The van der Waals surface area contributed by atoms with Crippen LogP contribution < -0.4 is 16.4 Å². The molecule has 0 aliphatic carbocycles. The Balaban J connectivity index is 1.44. The molecule has 1 saturated heterocycles. The molecule has 2 aliphatic rings. The second-order valence-electron chi connectivity index (χ2n) is 7.85. The van der Waals surface area contributed by atoms with Gasteiger partial charge in [0.25, 0.3) is 0 Å². The smallest absolute Gasteiger partial charge is 0.161 e. The molecule has 2 aliphatic heterocycles. The average Bonchev–Trinajstić information content (AvgIpc) is 3.11. The van der Waals surface area contributed by atoms with Crippen LogP contribution in [0.5, 0.6) is 0 Å². The first-order valence-electron chi connectivity index (χ1n) is 10.2. The van der Waals surface area contributed by atoms with E-state index in [1.807, 2.05) is 0 Å². The van der Waals surface area contributed by atoms with Gasteiger partial charge in [-0.25, -0.2) is 4.99 Å². The second-order valence-corrected chi connectivity index (χ2v) is 9.07. The van der Waals surface area contributed by atoms with Gasteiger partial charge in [0.2, 0.25) is 0 Å². The summed E-state index contributed by atoms with van der Waals surface area (Å²) in [6, 6.07) is 8.47. The Bertz CT molecular complexity index is 981. The second kappa shape index (κ2) is 9.04. The zero-order valence-electron chi connectivity index (χ0n) is 17.6. The zero-order valence-corrected chi connectivity index (χ0v) is 18.4. The van der Waals surface area contributed by atoms with Gasteiger partial charge >= 0.3 is 0 Å². The Kier molecular flexibility index (Phi) is 6.22. The van der Waals surface area contributed by atoms with Crippen molar-refractivity contribution in [2.45, 2.75) is 27.0 Å². The number of piperazine rings is 1. The maximum atomic E-state index is 6.41. The number of nitrogens with two attached hydrogens (primary N) is 1. The van der Waals surface area contributed by atoms with E-state index in [1.54, 1.807) is 17.6 Å². The van der Waals surface area contributed by atoms with Gasteiger partial charge in [-0.1, -0.05) is 12.6 Å². The van der Waals surface area contributed by atoms with E-state index in [0.717, 1.165) is 44.0 Å². The van der Waals surface area contributed by atoms with Gasteiger partial charge in [0.15, 0.2) is 5.76 Å². The van der Waals surface area contributed by atoms with Crippen molar-refractivity contribution >= 4 is 28.9 Å². The van der Waals surface area contributed by atoms with Crippen LogP contribution in [0.4, 0.5) is 5.69 Å². The summed E-state index contributed by atoms with van der Waals surface area (Å²) in [5, 5.41) is 6.62. The molecule has 4 N–H and O–H groups in total. The van der Waals surface area contributed by atoms with Gasteiger partial charge in [0.1, 0.15) is 12.4 Å². The molecule has 30 heavy (non-hydrogen) atoms. The topological polar surface area (TPSA) is 74.9 Å². The molecule has 0 saturated carbocycles. The third-order valence-electron chi connectivity index (χ3n) is 5.21. The van der Waals surface area contributed by atoms with E-state index in [0.29, 0.717) is 23.9 Å². The van der Waals surface area contributed by atoms with Gasteiger partial charge in [-0.2, -0.15) is 0 Å². The molecule has 4 rings (SSSR count). The summed E-state index contributed by atoms with van der Waals surface area (Å²) in [6.07, 6.45) is 1.66. The normalized spacial score (nSPS) is 17.1. The Morgan fingerprint density at radius 3 is 2.73 bits per heavy atom. The highest BCUT2D eigenvalue weighted by Crippen LogP contribution is 2.33. The number of nitrogens with one attached hydrogen (secondary N) is 2. The van der Waals surface area contributed by atoms with E-state index in [2.05, 4.69) is 65.2 Å². The quantitative estimate of drug-likeness (QED) is 0.619. The SMILES string of the molecule is C=C(/N=C\C1=C(N)c2cc(CN3CCNCC3)sc2CO1)Nc1cc(C)cc(C)c1. The van der Waals surface area contributed by atoms with Crippen LogP contribution in [-0.4, -0.2) is 37.3 Å². The summed E-state index contributed by atoms with van der Waals surface area (Å²) in [4.78, 5) is 9.40. The molecule has 3 heterocycles. The maximum Gasteiger partial charge on any atom is 0.161 e. The van der Waals surface area contributed by atoms with Gasteiger partial charge in [-0.3, -0.25) is 4.90 Å². The number of aryl methyl sites for hydroxylation is 2. The van der Waals surface area contributed by atoms with Crippen LogP contribution in [0, 0.1) is 13.8 Å². The minimum Gasteiger partial charge on any atom is -0.484 e. The number of rotatable bonds is 6. The lowest BCUT2D eigenvalue weighted by atomic mass is 10.1. The van der Waals surface area contributed by atoms with Crippen LogP contribution in [0.2, 0.25) is 0 Å². The number of ether oxygens (including phenoxy) is 1. The van der Waals surface area contributed by atoms with E-state index in [-0.39, 0.29) is 0 Å². The summed E-state index contributed by atoms with van der Waals surface area (Å²) in [5.41, 5.74) is 11.5. The minimum atomic E-state index is 0.528. The lowest BCUT2D eigenvalue weighted by Gasteiger charge is -2.26. The Morgan fingerprint density at radius 2 is 2.00 bits per heavy atom. The Hall–Kier alpha value is -2.61. The highest BCUT2D eigenvalue weighted by atomic mass is 32.1. The predicted molar refractivity (Wildman–Crippen MR) is 126 cm³/mol. The number of thiophene rings is 1. The lowest BCUT2D eigenvalue weighted by Crippen LogP contribution is -2.42. The van der Waals surface area contributed by atoms with Crippen LogP contribution in [0.15, 0.2) is 47.4 Å². The number of nitrogens with zero attached hydrogens (tertiary/aromatic N) is 2. The van der Waals surface area contributed by atoms with Gasteiger partial charge < -0.3 is 21.1 Å². The summed E-state index contributed by atoms with van der Waals surface area (Å²) in [5.74, 6) is 1.14. The van der Waals surface area contributed by atoms with E-state index in [1.165, 1.54) is 20.9 Å². The Labute approximate surface area is 182 Å². The van der Waals surface area contributed by atoms with E-state index in [9.17, 15) is 0 Å². The molecule has 0 amide bonds. The van der Waals surface area contributed by atoms with Crippen molar-refractivity contribution in [3.63, 3.8) is 0 Å². The molecule has 0 atom stereocenters. The molecule has 158 valence electrons. The molecule has 6 nitrogen and oxygen atoms in total. The van der Waals surface area contributed by atoms with E-state index < -0.39 is 0 Å². The largest absolute Gasteiger partial charge is 0.484 e. The molecule has 7 heteroatoms. The van der Waals surface area contributed by atoms with Crippen molar-refractivity contribution in [1.82, 2.24) is 10.2 Å². The van der Waals surface area contributed by atoms with Crippen molar-refractivity contribution in [3.05, 3.63) is 68.9 Å². The number of hydrogen-bond donors (Lipinski definition) is 3. The highest BCUT2D eigenvalue weighted by molar-refractivity contribution is 7.12. The molecule has 0 spiro atoms. The van der Waals surface area contributed by atoms with Gasteiger partial charge in [-0.05, 0) is 43.2 Å². The number of fused-ring (bicyclic) bond motifs is 1.